The van der Waals surface area contributed by atoms with Crippen molar-refractivity contribution >= 4 is 17.8 Å². The molecule has 9 nitrogen and oxygen atoms in total. The molecule has 0 saturated carbocycles. The van der Waals surface area contributed by atoms with Crippen molar-refractivity contribution in [3.8, 4) is 5.75 Å². The fraction of sp³-hybridized carbons (Fsp3) is 0.423. The first-order chi connectivity index (χ1) is 17.2. The molecule has 0 spiro atoms. The van der Waals surface area contributed by atoms with Crippen LogP contribution in [0.3, 0.4) is 0 Å². The van der Waals surface area contributed by atoms with E-state index in [1.807, 2.05) is 42.2 Å². The molecule has 2 aromatic rings. The summed E-state index contributed by atoms with van der Waals surface area (Å²) in [5.41, 5.74) is 9.49. The fourth-order valence-corrected chi connectivity index (χ4v) is 4.18. The Kier molecular flexibility index (Phi) is 9.77. The maximum Gasteiger partial charge on any atom is 0.246 e. The zero-order chi connectivity index (χ0) is 26.1. The largest absolute Gasteiger partial charge is 0.489 e. The van der Waals surface area contributed by atoms with Crippen LogP contribution in [0.25, 0.3) is 6.08 Å². The number of nitrogens with two attached hydrogens (primary N) is 2. The molecule has 1 aliphatic heterocycles. The topological polar surface area (TPSA) is 113 Å². The van der Waals surface area contributed by atoms with E-state index in [2.05, 4.69) is 21.9 Å². The van der Waals surface area contributed by atoms with Gasteiger partial charge >= 0.3 is 0 Å². The van der Waals surface area contributed by atoms with Crippen LogP contribution in [0.4, 0.5) is 4.39 Å². The lowest BCUT2D eigenvalue weighted by atomic mass is 10.0. The highest BCUT2D eigenvalue weighted by molar-refractivity contribution is 5.92. The van der Waals surface area contributed by atoms with Gasteiger partial charge in [-0.15, -0.1) is 5.10 Å². The Labute approximate surface area is 212 Å². The van der Waals surface area contributed by atoms with Gasteiger partial charge in [0.25, 0.3) is 0 Å². The van der Waals surface area contributed by atoms with Crippen molar-refractivity contribution in [1.82, 2.24) is 19.9 Å². The molecule has 36 heavy (non-hydrogen) atoms. The molecule has 10 heteroatoms. The molecule has 4 N–H and O–H groups in total. The number of hydrogen-bond acceptors (Lipinski definition) is 7. The summed E-state index contributed by atoms with van der Waals surface area (Å²) < 4.78 is 17.5. The first-order valence-corrected chi connectivity index (χ1v) is 12.0. The van der Waals surface area contributed by atoms with Gasteiger partial charge in [0.1, 0.15) is 24.9 Å². The van der Waals surface area contributed by atoms with Gasteiger partial charge in [0.2, 0.25) is 5.91 Å². The van der Waals surface area contributed by atoms with Crippen molar-refractivity contribution in [2.75, 3.05) is 32.9 Å². The molecule has 1 aromatic heterocycles. The van der Waals surface area contributed by atoms with Crippen molar-refractivity contribution in [3.05, 3.63) is 65.0 Å². The van der Waals surface area contributed by atoms with E-state index in [1.54, 1.807) is 25.3 Å². The second-order valence-corrected chi connectivity index (χ2v) is 9.01. The van der Waals surface area contributed by atoms with Crippen molar-refractivity contribution in [3.63, 3.8) is 0 Å². The number of carbonyl (C=O) groups is 1. The first-order valence-electron chi connectivity index (χ1n) is 12.0. The summed E-state index contributed by atoms with van der Waals surface area (Å²) in [5.74, 6) is 6.86. The Morgan fingerprint density at radius 3 is 2.81 bits per heavy atom. The minimum absolute atomic E-state index is 0.0263. The number of hydrazone groups is 1. The number of hydrazine groups is 1. The fourth-order valence-electron chi connectivity index (χ4n) is 4.18. The lowest BCUT2D eigenvalue weighted by Crippen LogP contribution is -2.53. The summed E-state index contributed by atoms with van der Waals surface area (Å²) in [5, 5.41) is 5.35. The number of benzene rings is 1. The lowest BCUT2D eigenvalue weighted by molar-refractivity contribution is -0.130. The smallest absolute Gasteiger partial charge is 0.246 e. The molecule has 1 aromatic carbocycles. The zero-order valence-corrected chi connectivity index (χ0v) is 21.2. The van der Waals surface area contributed by atoms with Gasteiger partial charge in [0, 0.05) is 38.3 Å². The number of nitrogens with zero attached hydrogens (tertiary/aromatic N) is 5. The van der Waals surface area contributed by atoms with Crippen molar-refractivity contribution in [1.29, 1.82) is 0 Å². The molecule has 0 unspecified atom stereocenters. The van der Waals surface area contributed by atoms with Gasteiger partial charge in [-0.25, -0.2) is 15.4 Å². The van der Waals surface area contributed by atoms with Gasteiger partial charge in [0.05, 0.1) is 18.4 Å². The van der Waals surface area contributed by atoms with Crippen LogP contribution in [0.5, 0.6) is 5.75 Å². The summed E-state index contributed by atoms with van der Waals surface area (Å²) in [6.45, 7) is 8.41. The molecule has 1 aliphatic rings. The van der Waals surface area contributed by atoms with E-state index in [4.69, 9.17) is 16.3 Å². The van der Waals surface area contributed by atoms with E-state index in [0.717, 1.165) is 35.5 Å². The van der Waals surface area contributed by atoms with Gasteiger partial charge in [-0.2, -0.15) is 0 Å². The number of carbonyl (C=O) groups excluding carboxylic acids is 1. The number of hydrogen-bond donors (Lipinski definition) is 2. The number of amides is 1. The highest BCUT2D eigenvalue weighted by atomic mass is 19.1. The summed E-state index contributed by atoms with van der Waals surface area (Å²) >= 11 is 0. The van der Waals surface area contributed by atoms with E-state index in [1.165, 1.54) is 5.12 Å². The molecule has 0 bridgehead atoms. The Bertz CT molecular complexity index is 1070. The number of aryl methyl sites for hydroxylation is 1. The Morgan fingerprint density at radius 1 is 1.33 bits per heavy atom. The van der Waals surface area contributed by atoms with E-state index < -0.39 is 6.67 Å². The van der Waals surface area contributed by atoms with E-state index in [0.29, 0.717) is 31.2 Å². The van der Waals surface area contributed by atoms with Gasteiger partial charge in [-0.1, -0.05) is 23.8 Å². The van der Waals surface area contributed by atoms with Crippen LogP contribution in [0.2, 0.25) is 0 Å². The predicted octanol–water partition coefficient (Wildman–Crippen LogP) is 2.45. The molecule has 0 aliphatic carbocycles. The Hall–Kier alpha value is -3.50. The Morgan fingerprint density at radius 2 is 2.14 bits per heavy atom. The van der Waals surface area contributed by atoms with Gasteiger partial charge in [0.15, 0.2) is 0 Å². The lowest BCUT2D eigenvalue weighted by Gasteiger charge is -2.39. The molecule has 0 radical (unpaired) electrons. The van der Waals surface area contributed by atoms with Crippen LogP contribution in [0.15, 0.2) is 47.7 Å². The van der Waals surface area contributed by atoms with Crippen LogP contribution in [-0.2, 0) is 17.9 Å². The van der Waals surface area contributed by atoms with Crippen LogP contribution < -0.4 is 16.3 Å². The third kappa shape index (κ3) is 8.03. The Balaban J connectivity index is 1.58. The summed E-state index contributed by atoms with van der Waals surface area (Å²) in [6.07, 6.45) is 5.07. The first kappa shape index (κ1) is 27.1. The normalized spacial score (nSPS) is 17.0. The maximum atomic E-state index is 13.0. The van der Waals surface area contributed by atoms with E-state index >= 15 is 0 Å². The van der Waals surface area contributed by atoms with Crippen molar-refractivity contribution in [2.45, 2.75) is 39.9 Å². The average molecular weight is 498 g/mol. The number of pyridine rings is 1. The molecule has 1 fully saturated rings. The second-order valence-electron chi connectivity index (χ2n) is 9.01. The van der Waals surface area contributed by atoms with Crippen LogP contribution in [-0.4, -0.2) is 70.6 Å². The zero-order valence-electron chi connectivity index (χ0n) is 21.2. The molecule has 3 rings (SSSR count). The summed E-state index contributed by atoms with van der Waals surface area (Å²) in [6, 6.07) is 9.76. The van der Waals surface area contributed by atoms with Crippen molar-refractivity contribution in [2.24, 2.45) is 16.7 Å². The molecule has 194 valence electrons. The number of piperazine rings is 1. The molecule has 1 saturated heterocycles. The number of halogens is 1. The predicted molar refractivity (Wildman–Crippen MR) is 139 cm³/mol. The minimum atomic E-state index is -0.528. The number of amidine groups is 1. The quantitative estimate of drug-likeness (QED) is 0.170. The standard InChI is InChI=1S/C26H36FN7O2/c1-19-4-5-22(23(14-19)17-34(29)31-21(3)28)6-9-26(35)33-12-11-32(16-20(33)2)18-24-7-8-25(15-30-24)36-13-10-27/h4-9,14-15,20H,10-13,16-18,29H2,1-3H3,(H2,28,31)/b9-6+/t20-/m1/s1. The van der Waals surface area contributed by atoms with Gasteiger partial charge in [-0.3, -0.25) is 14.7 Å². The average Bonchev–Trinajstić information content (AvgIpc) is 2.82. The SMILES string of the molecule is C/C(N)=N/N(N)Cc1cc(C)ccc1/C=C/C(=O)N1CCN(Cc2ccc(OCCF)cn2)C[C@H]1C. The number of rotatable bonds is 10. The van der Waals surface area contributed by atoms with Gasteiger partial charge in [-0.05, 0) is 50.1 Å². The molecular formula is C26H36FN7O2. The van der Waals surface area contributed by atoms with Gasteiger partial charge < -0.3 is 15.4 Å². The second kappa shape index (κ2) is 13.0. The van der Waals surface area contributed by atoms with E-state index in [9.17, 15) is 9.18 Å². The molecule has 1 atom stereocenters. The van der Waals surface area contributed by atoms with E-state index in [-0.39, 0.29) is 18.6 Å². The summed E-state index contributed by atoms with van der Waals surface area (Å²) in [4.78, 5) is 21.6. The number of ether oxygens (including phenoxy) is 1. The number of alkyl halides is 1. The van der Waals surface area contributed by atoms with Crippen LogP contribution >= 0.6 is 0 Å². The van der Waals surface area contributed by atoms with Crippen molar-refractivity contribution < 1.29 is 13.9 Å². The third-order valence-corrected chi connectivity index (χ3v) is 5.85. The maximum absolute atomic E-state index is 13.0. The highest BCUT2D eigenvalue weighted by Gasteiger charge is 2.26. The molecular weight excluding hydrogens is 461 g/mol. The summed E-state index contributed by atoms with van der Waals surface area (Å²) in [7, 11) is 0. The minimum Gasteiger partial charge on any atom is -0.489 e. The molecule has 1 amide bonds. The molecule has 2 heterocycles. The highest BCUT2D eigenvalue weighted by Crippen LogP contribution is 2.18. The van der Waals surface area contributed by atoms with Crippen LogP contribution in [0, 0.1) is 6.92 Å². The monoisotopic (exact) mass is 497 g/mol. The van der Waals surface area contributed by atoms with Crippen LogP contribution in [0.1, 0.15) is 36.2 Å². The third-order valence-electron chi connectivity index (χ3n) is 5.85. The number of aromatic nitrogens is 1.